The number of aromatic hydroxyl groups is 1. The third-order valence-corrected chi connectivity index (χ3v) is 3.36. The quantitative estimate of drug-likeness (QED) is 0.844. The molecule has 0 spiro atoms. The van der Waals surface area contributed by atoms with Gasteiger partial charge in [0.05, 0.1) is 12.2 Å². The van der Waals surface area contributed by atoms with Crippen LogP contribution in [0, 0.1) is 11.7 Å². The summed E-state index contributed by atoms with van der Waals surface area (Å²) in [6.45, 7) is 0.432. The average Bonchev–Trinajstić information content (AvgIpc) is 2.24. The molecule has 0 saturated heterocycles. The number of carbonyl (C=O) groups is 1. The van der Waals surface area contributed by atoms with Gasteiger partial charge < -0.3 is 9.84 Å². The lowest BCUT2D eigenvalue weighted by Crippen LogP contribution is -2.19. The fourth-order valence-corrected chi connectivity index (χ4v) is 1.86. The molecule has 0 aliphatic heterocycles. The van der Waals surface area contributed by atoms with Crippen LogP contribution in [-0.2, 0) is 0 Å². The highest BCUT2D eigenvalue weighted by Gasteiger charge is 2.21. The maximum absolute atomic E-state index is 13.5. The SMILES string of the molecule is O=Cc1c(OCC2CCC2)cc(O)c(Cl)c1F. The maximum Gasteiger partial charge on any atom is 0.159 e. The van der Waals surface area contributed by atoms with E-state index in [-0.39, 0.29) is 11.3 Å². The lowest BCUT2D eigenvalue weighted by atomic mass is 9.86. The summed E-state index contributed by atoms with van der Waals surface area (Å²) in [7, 11) is 0. The molecule has 0 aromatic heterocycles. The molecule has 0 unspecified atom stereocenters. The summed E-state index contributed by atoms with van der Waals surface area (Å²) in [5.41, 5.74) is -0.243. The summed E-state index contributed by atoms with van der Waals surface area (Å²) in [5.74, 6) is -0.856. The van der Waals surface area contributed by atoms with E-state index in [2.05, 4.69) is 0 Å². The van der Waals surface area contributed by atoms with Crippen LogP contribution in [0.4, 0.5) is 4.39 Å². The average molecular weight is 259 g/mol. The van der Waals surface area contributed by atoms with Crippen LogP contribution in [0.25, 0.3) is 0 Å². The number of halogens is 2. The monoisotopic (exact) mass is 258 g/mol. The van der Waals surface area contributed by atoms with E-state index in [1.165, 1.54) is 12.5 Å². The Labute approximate surface area is 103 Å². The van der Waals surface area contributed by atoms with Crippen molar-refractivity contribution in [3.8, 4) is 11.5 Å². The van der Waals surface area contributed by atoms with E-state index in [0.717, 1.165) is 12.8 Å². The minimum absolute atomic E-state index is 0.0475. The van der Waals surface area contributed by atoms with Crippen LogP contribution < -0.4 is 4.74 Å². The molecule has 2 rings (SSSR count). The van der Waals surface area contributed by atoms with Crippen LogP contribution in [-0.4, -0.2) is 18.0 Å². The summed E-state index contributed by atoms with van der Waals surface area (Å²) in [6, 6.07) is 1.17. The predicted octanol–water partition coefficient (Wildman–Crippen LogP) is 3.18. The maximum atomic E-state index is 13.5. The van der Waals surface area contributed by atoms with E-state index < -0.39 is 16.6 Å². The standard InChI is InChI=1S/C12H12ClFO3/c13-11-9(16)4-10(8(5-15)12(11)14)17-6-7-2-1-3-7/h4-5,7,16H,1-3,6H2. The molecule has 1 N–H and O–H groups in total. The van der Waals surface area contributed by atoms with Gasteiger partial charge in [0.1, 0.15) is 16.5 Å². The van der Waals surface area contributed by atoms with Crippen LogP contribution in [0.2, 0.25) is 5.02 Å². The van der Waals surface area contributed by atoms with Crippen molar-refractivity contribution in [2.24, 2.45) is 5.92 Å². The van der Waals surface area contributed by atoms with Gasteiger partial charge in [-0.1, -0.05) is 18.0 Å². The van der Waals surface area contributed by atoms with Crippen molar-refractivity contribution in [2.45, 2.75) is 19.3 Å². The Balaban J connectivity index is 2.21. The molecular formula is C12H12ClFO3. The summed E-state index contributed by atoms with van der Waals surface area (Å²) >= 11 is 5.50. The van der Waals surface area contributed by atoms with Gasteiger partial charge in [-0.25, -0.2) is 4.39 Å². The highest BCUT2D eigenvalue weighted by Crippen LogP contribution is 2.35. The van der Waals surface area contributed by atoms with Crippen molar-refractivity contribution in [1.29, 1.82) is 0 Å². The van der Waals surface area contributed by atoms with Crippen molar-refractivity contribution in [3.63, 3.8) is 0 Å². The zero-order chi connectivity index (χ0) is 12.4. The molecule has 1 aromatic carbocycles. The molecule has 1 fully saturated rings. The number of carbonyl (C=O) groups excluding carboxylic acids is 1. The first kappa shape index (κ1) is 12.2. The highest BCUT2D eigenvalue weighted by atomic mass is 35.5. The molecule has 3 nitrogen and oxygen atoms in total. The molecule has 1 aliphatic rings. The molecule has 1 saturated carbocycles. The minimum Gasteiger partial charge on any atom is -0.506 e. The number of phenols is 1. The Bertz CT molecular complexity index is 444. The third-order valence-electron chi connectivity index (χ3n) is 3.00. The van der Waals surface area contributed by atoms with Crippen molar-refractivity contribution in [1.82, 2.24) is 0 Å². The van der Waals surface area contributed by atoms with E-state index >= 15 is 0 Å². The fraction of sp³-hybridized carbons (Fsp3) is 0.417. The van der Waals surface area contributed by atoms with Crippen molar-refractivity contribution in [3.05, 3.63) is 22.5 Å². The first-order chi connectivity index (χ1) is 8.13. The van der Waals surface area contributed by atoms with Gasteiger partial charge >= 0.3 is 0 Å². The number of rotatable bonds is 4. The van der Waals surface area contributed by atoms with Crippen LogP contribution >= 0.6 is 11.6 Å². The molecule has 1 aromatic rings. The Kier molecular flexibility index (Phi) is 3.52. The molecule has 92 valence electrons. The van der Waals surface area contributed by atoms with Gasteiger partial charge in [0.15, 0.2) is 12.1 Å². The molecule has 5 heteroatoms. The topological polar surface area (TPSA) is 46.5 Å². The van der Waals surface area contributed by atoms with Gasteiger partial charge in [0.25, 0.3) is 0 Å². The van der Waals surface area contributed by atoms with Gasteiger partial charge in [0, 0.05) is 6.07 Å². The molecule has 0 bridgehead atoms. The Morgan fingerprint density at radius 3 is 2.82 bits per heavy atom. The van der Waals surface area contributed by atoms with Crippen LogP contribution in [0.1, 0.15) is 29.6 Å². The number of ether oxygens (including phenoxy) is 1. The van der Waals surface area contributed by atoms with Crippen molar-refractivity contribution in [2.75, 3.05) is 6.61 Å². The van der Waals surface area contributed by atoms with Crippen molar-refractivity contribution < 1.29 is 19.0 Å². The Morgan fingerprint density at radius 2 is 2.29 bits per heavy atom. The number of hydrogen-bond acceptors (Lipinski definition) is 3. The van der Waals surface area contributed by atoms with E-state index in [9.17, 15) is 14.3 Å². The Hall–Kier alpha value is -1.29. The third kappa shape index (κ3) is 2.36. The van der Waals surface area contributed by atoms with E-state index in [4.69, 9.17) is 16.3 Å². The van der Waals surface area contributed by atoms with Crippen molar-refractivity contribution >= 4 is 17.9 Å². The second-order valence-electron chi connectivity index (χ2n) is 4.16. The second-order valence-corrected chi connectivity index (χ2v) is 4.54. The first-order valence-corrected chi connectivity index (χ1v) is 5.80. The van der Waals surface area contributed by atoms with E-state index in [1.807, 2.05) is 0 Å². The zero-order valence-corrected chi connectivity index (χ0v) is 9.84. The smallest absolute Gasteiger partial charge is 0.159 e. The van der Waals surface area contributed by atoms with Crippen LogP contribution in [0.3, 0.4) is 0 Å². The summed E-state index contributed by atoms with van der Waals surface area (Å²) in [5, 5.41) is 8.91. The first-order valence-electron chi connectivity index (χ1n) is 5.42. The molecule has 0 heterocycles. The summed E-state index contributed by atoms with van der Waals surface area (Å²) in [4.78, 5) is 10.8. The summed E-state index contributed by atoms with van der Waals surface area (Å²) < 4.78 is 18.9. The Morgan fingerprint density at radius 1 is 1.59 bits per heavy atom. The molecule has 0 radical (unpaired) electrons. The highest BCUT2D eigenvalue weighted by molar-refractivity contribution is 6.32. The fourth-order valence-electron chi connectivity index (χ4n) is 1.70. The number of hydrogen-bond donors (Lipinski definition) is 1. The second kappa shape index (κ2) is 4.92. The van der Waals surface area contributed by atoms with Crippen LogP contribution in [0.15, 0.2) is 6.07 Å². The summed E-state index contributed by atoms with van der Waals surface area (Å²) in [6.07, 6.45) is 3.68. The van der Waals surface area contributed by atoms with Crippen LogP contribution in [0.5, 0.6) is 11.5 Å². The number of aldehydes is 1. The molecule has 1 aliphatic carbocycles. The largest absolute Gasteiger partial charge is 0.506 e. The van der Waals surface area contributed by atoms with Gasteiger partial charge in [0.2, 0.25) is 0 Å². The van der Waals surface area contributed by atoms with Gasteiger partial charge in [-0.15, -0.1) is 0 Å². The molecule has 0 amide bonds. The normalized spacial score (nSPS) is 15.4. The molecule has 17 heavy (non-hydrogen) atoms. The van der Waals surface area contributed by atoms with Gasteiger partial charge in [-0.2, -0.15) is 0 Å². The van der Waals surface area contributed by atoms with Gasteiger partial charge in [-0.3, -0.25) is 4.79 Å². The number of benzene rings is 1. The zero-order valence-electron chi connectivity index (χ0n) is 9.08. The lowest BCUT2D eigenvalue weighted by Gasteiger charge is -2.25. The predicted molar refractivity (Wildman–Crippen MR) is 61.3 cm³/mol. The number of phenolic OH excluding ortho intramolecular Hbond substituents is 1. The molecular weight excluding hydrogens is 247 g/mol. The van der Waals surface area contributed by atoms with E-state index in [1.54, 1.807) is 0 Å². The van der Waals surface area contributed by atoms with Gasteiger partial charge in [-0.05, 0) is 18.8 Å². The lowest BCUT2D eigenvalue weighted by molar-refractivity contribution is 0.111. The minimum atomic E-state index is -0.940. The molecule has 0 atom stereocenters. The van der Waals surface area contributed by atoms with E-state index in [0.29, 0.717) is 18.8 Å².